The number of carbonyl (C=O) groups is 1. The van der Waals surface area contributed by atoms with Crippen LogP contribution in [0.1, 0.15) is 25.5 Å². The average molecular weight is 366 g/mol. The number of esters is 1. The van der Waals surface area contributed by atoms with E-state index in [2.05, 4.69) is 15.4 Å². The lowest BCUT2D eigenvalue weighted by atomic mass is 9.95. The van der Waals surface area contributed by atoms with Gasteiger partial charge in [0.05, 0.1) is 12.2 Å². The van der Waals surface area contributed by atoms with Crippen LogP contribution < -0.4 is 5.32 Å². The third-order valence-corrected chi connectivity index (χ3v) is 4.25. The summed E-state index contributed by atoms with van der Waals surface area (Å²) < 4.78 is 34.1. The lowest BCUT2D eigenvalue weighted by molar-refractivity contribution is -0.139. The number of nitrogens with zero attached hydrogens (tertiary/aromatic N) is 3. The van der Waals surface area contributed by atoms with Gasteiger partial charge in [-0.15, -0.1) is 5.10 Å². The van der Waals surface area contributed by atoms with Crippen molar-refractivity contribution in [2.75, 3.05) is 18.2 Å². The molecule has 1 aromatic heterocycles. The topological polar surface area (TPSA) is 69.0 Å². The molecule has 6 nitrogen and oxygen atoms in total. The number of carbonyl (C=O) groups excluding carboxylic acids is 1. The molecule has 1 unspecified atom stereocenters. The van der Waals surface area contributed by atoms with Crippen LogP contribution in [0, 0.1) is 11.6 Å². The first kappa shape index (κ1) is 17.4. The largest absolute Gasteiger partial charge is 0.463 e. The van der Waals surface area contributed by atoms with Crippen LogP contribution in [0.25, 0.3) is 0 Å². The van der Waals surface area contributed by atoms with Crippen molar-refractivity contribution >= 4 is 23.7 Å². The van der Waals surface area contributed by atoms with Crippen molar-refractivity contribution < 1.29 is 18.3 Å². The van der Waals surface area contributed by atoms with Crippen LogP contribution in [0.4, 0.5) is 14.7 Å². The van der Waals surface area contributed by atoms with Gasteiger partial charge in [0.1, 0.15) is 17.7 Å². The van der Waals surface area contributed by atoms with Crippen LogP contribution in [0.3, 0.4) is 0 Å². The van der Waals surface area contributed by atoms with Gasteiger partial charge < -0.3 is 10.1 Å². The minimum absolute atomic E-state index is 0.181. The van der Waals surface area contributed by atoms with E-state index in [1.165, 1.54) is 28.6 Å². The van der Waals surface area contributed by atoms with Crippen LogP contribution in [0.5, 0.6) is 0 Å². The molecule has 1 atom stereocenters. The highest BCUT2D eigenvalue weighted by Gasteiger charge is 2.35. The normalized spacial score (nSPS) is 16.4. The molecule has 1 aliphatic heterocycles. The highest BCUT2D eigenvalue weighted by molar-refractivity contribution is 7.98. The smallest absolute Gasteiger partial charge is 0.338 e. The molecule has 0 saturated carbocycles. The number of fused-ring (bicyclic) bond motifs is 1. The highest BCUT2D eigenvalue weighted by Crippen LogP contribution is 2.36. The summed E-state index contributed by atoms with van der Waals surface area (Å²) in [6.45, 7) is 3.56. The molecule has 1 aliphatic rings. The zero-order valence-electron chi connectivity index (χ0n) is 13.8. The predicted octanol–water partition coefficient (Wildman–Crippen LogP) is 3.13. The predicted molar refractivity (Wildman–Crippen MR) is 89.3 cm³/mol. The summed E-state index contributed by atoms with van der Waals surface area (Å²) in [6.07, 6.45) is 1.81. The molecule has 132 valence electrons. The molecule has 0 amide bonds. The first-order valence-corrected chi connectivity index (χ1v) is 8.78. The first-order chi connectivity index (χ1) is 11.9. The number of halogens is 2. The van der Waals surface area contributed by atoms with Gasteiger partial charge in [-0.3, -0.25) is 0 Å². The Balaban J connectivity index is 2.20. The minimum Gasteiger partial charge on any atom is -0.463 e. The molecule has 1 N–H and O–H groups in total. The number of ether oxygens (including phenoxy) is 1. The molecule has 3 rings (SSSR count). The quantitative estimate of drug-likeness (QED) is 0.662. The van der Waals surface area contributed by atoms with Crippen molar-refractivity contribution in [2.45, 2.75) is 25.0 Å². The lowest BCUT2D eigenvalue weighted by Gasteiger charge is -2.28. The van der Waals surface area contributed by atoms with Crippen molar-refractivity contribution in [1.82, 2.24) is 14.8 Å². The van der Waals surface area contributed by atoms with E-state index in [9.17, 15) is 13.6 Å². The molecule has 25 heavy (non-hydrogen) atoms. The SMILES string of the molecule is CCOC(=O)C1=C(C)Nc2nc(SC)nn2C1c1cc(F)cc(F)c1. The number of benzene rings is 1. The molecule has 0 saturated heterocycles. The van der Waals surface area contributed by atoms with Crippen molar-refractivity contribution in [3.05, 3.63) is 46.7 Å². The van der Waals surface area contributed by atoms with Crippen LogP contribution in [-0.2, 0) is 9.53 Å². The molecular formula is C16H16F2N4O2S. The van der Waals surface area contributed by atoms with Crippen LogP contribution in [0.2, 0.25) is 0 Å². The van der Waals surface area contributed by atoms with Crippen LogP contribution in [0.15, 0.2) is 34.6 Å². The minimum atomic E-state index is -0.839. The van der Waals surface area contributed by atoms with E-state index in [1.807, 2.05) is 6.26 Å². The molecule has 2 aromatic rings. The molecule has 0 radical (unpaired) electrons. The lowest BCUT2D eigenvalue weighted by Crippen LogP contribution is -2.29. The zero-order valence-corrected chi connectivity index (χ0v) is 14.7. The van der Waals surface area contributed by atoms with Crippen molar-refractivity contribution in [3.63, 3.8) is 0 Å². The van der Waals surface area contributed by atoms with E-state index < -0.39 is 23.6 Å². The Labute approximate surface area is 147 Å². The van der Waals surface area contributed by atoms with E-state index in [1.54, 1.807) is 13.8 Å². The highest BCUT2D eigenvalue weighted by atomic mass is 32.2. The number of nitrogens with one attached hydrogen (secondary N) is 1. The second-order valence-electron chi connectivity index (χ2n) is 5.36. The fraction of sp³-hybridized carbons (Fsp3) is 0.312. The van der Waals surface area contributed by atoms with Crippen LogP contribution >= 0.6 is 11.8 Å². The summed E-state index contributed by atoms with van der Waals surface area (Å²) in [4.78, 5) is 16.8. The molecule has 0 fully saturated rings. The molecule has 9 heteroatoms. The Morgan fingerprint density at radius 1 is 1.36 bits per heavy atom. The molecule has 0 aliphatic carbocycles. The fourth-order valence-corrected chi connectivity index (χ4v) is 3.08. The Hall–Kier alpha value is -2.42. The van der Waals surface area contributed by atoms with E-state index in [-0.39, 0.29) is 17.7 Å². The van der Waals surface area contributed by atoms with Gasteiger partial charge in [0.15, 0.2) is 0 Å². The maximum Gasteiger partial charge on any atom is 0.338 e. The van der Waals surface area contributed by atoms with Gasteiger partial charge in [-0.25, -0.2) is 18.3 Å². The second-order valence-corrected chi connectivity index (χ2v) is 6.13. The number of hydrogen-bond acceptors (Lipinski definition) is 6. The van der Waals surface area contributed by atoms with Gasteiger partial charge in [-0.05, 0) is 37.8 Å². The maximum atomic E-state index is 13.8. The molecular weight excluding hydrogens is 350 g/mol. The maximum absolute atomic E-state index is 13.8. The third-order valence-electron chi connectivity index (χ3n) is 3.71. The van der Waals surface area contributed by atoms with Gasteiger partial charge in [0.2, 0.25) is 11.1 Å². The van der Waals surface area contributed by atoms with Crippen LogP contribution in [-0.4, -0.2) is 33.6 Å². The fourth-order valence-electron chi connectivity index (χ4n) is 2.73. The Morgan fingerprint density at radius 3 is 2.64 bits per heavy atom. The second kappa shape index (κ2) is 6.83. The van der Waals surface area contributed by atoms with Gasteiger partial charge in [0, 0.05) is 11.8 Å². The number of hydrogen-bond donors (Lipinski definition) is 1. The average Bonchev–Trinajstić information content (AvgIpc) is 2.95. The standard InChI is InChI=1S/C16H16F2N4O2S/c1-4-24-14(23)12-8(2)19-15-20-16(25-3)21-22(15)13(12)9-5-10(17)7-11(18)6-9/h5-7,13H,4H2,1-3H3,(H,19,20,21). The number of thioether (sulfide) groups is 1. The molecule has 1 aromatic carbocycles. The Kier molecular flexibility index (Phi) is 4.76. The molecule has 0 spiro atoms. The summed E-state index contributed by atoms with van der Waals surface area (Å²) in [6, 6.07) is 2.29. The summed E-state index contributed by atoms with van der Waals surface area (Å²) in [7, 11) is 0. The van der Waals surface area contributed by atoms with E-state index >= 15 is 0 Å². The monoisotopic (exact) mass is 366 g/mol. The number of allylic oxidation sites excluding steroid dienone is 1. The van der Waals surface area contributed by atoms with Crippen molar-refractivity contribution in [1.29, 1.82) is 0 Å². The summed E-state index contributed by atoms with van der Waals surface area (Å²) in [5, 5.41) is 7.81. The van der Waals surface area contributed by atoms with E-state index in [4.69, 9.17) is 4.74 Å². The number of rotatable bonds is 4. The molecule has 0 bridgehead atoms. The van der Waals surface area contributed by atoms with Crippen molar-refractivity contribution in [3.8, 4) is 0 Å². The first-order valence-electron chi connectivity index (χ1n) is 7.56. The summed E-state index contributed by atoms with van der Waals surface area (Å²) >= 11 is 1.32. The summed E-state index contributed by atoms with van der Waals surface area (Å²) in [5.41, 5.74) is 0.984. The Bertz CT molecular complexity index is 846. The van der Waals surface area contributed by atoms with Gasteiger partial charge in [-0.2, -0.15) is 4.98 Å². The number of anilines is 1. The van der Waals surface area contributed by atoms with Gasteiger partial charge in [-0.1, -0.05) is 11.8 Å². The van der Waals surface area contributed by atoms with Gasteiger partial charge in [0.25, 0.3) is 0 Å². The Morgan fingerprint density at radius 2 is 2.04 bits per heavy atom. The zero-order chi connectivity index (χ0) is 18.1. The van der Waals surface area contributed by atoms with Gasteiger partial charge >= 0.3 is 5.97 Å². The van der Waals surface area contributed by atoms with E-state index in [0.29, 0.717) is 16.8 Å². The van der Waals surface area contributed by atoms with E-state index in [0.717, 1.165) is 6.07 Å². The third kappa shape index (κ3) is 3.23. The summed E-state index contributed by atoms with van der Waals surface area (Å²) in [5.74, 6) is -1.65. The molecule has 2 heterocycles. The van der Waals surface area contributed by atoms with Crippen molar-refractivity contribution in [2.24, 2.45) is 0 Å². The number of aromatic nitrogens is 3.